The van der Waals surface area contributed by atoms with Crippen LogP contribution in [0, 0.1) is 0 Å². The minimum atomic E-state index is -0.444. The van der Waals surface area contributed by atoms with E-state index in [4.69, 9.17) is 0 Å². The Morgan fingerprint density at radius 3 is 2.87 bits per heavy atom. The van der Waals surface area contributed by atoms with Gasteiger partial charge >= 0.3 is 0 Å². The molecule has 0 aliphatic heterocycles. The number of hydrogen-bond donors (Lipinski definition) is 2. The topological polar surface area (TPSA) is 50.1 Å². The lowest BCUT2D eigenvalue weighted by Gasteiger charge is -2.10. The molecular weight excluding hydrogens is 190 g/mol. The van der Waals surface area contributed by atoms with Crippen LogP contribution in [0.4, 0.5) is 0 Å². The molecule has 1 rings (SSSR count). The van der Waals surface area contributed by atoms with Crippen LogP contribution in [0.25, 0.3) is 0 Å². The first-order valence-corrected chi connectivity index (χ1v) is 5.60. The predicted molar refractivity (Wildman–Crippen MR) is 60.7 cm³/mol. The lowest BCUT2D eigenvalue weighted by Crippen LogP contribution is -2.22. The summed E-state index contributed by atoms with van der Waals surface area (Å²) in [6, 6.07) is 0. The van der Waals surface area contributed by atoms with Crippen molar-refractivity contribution in [2.75, 3.05) is 13.1 Å². The Morgan fingerprint density at radius 1 is 1.53 bits per heavy atom. The van der Waals surface area contributed by atoms with Gasteiger partial charge in [0.2, 0.25) is 0 Å². The van der Waals surface area contributed by atoms with Crippen molar-refractivity contribution in [3.05, 3.63) is 17.5 Å². The van der Waals surface area contributed by atoms with Crippen molar-refractivity contribution < 1.29 is 5.11 Å². The molecule has 0 aliphatic carbocycles. The highest BCUT2D eigenvalue weighted by Crippen LogP contribution is 2.16. The van der Waals surface area contributed by atoms with Crippen LogP contribution in [0.2, 0.25) is 0 Å². The number of rotatable bonds is 6. The standard InChI is InChI=1S/C11H21N3O/c1-4-6-12-7-11(15)9-8-14(3)13-10(9)5-2/h8,11-12,15H,4-7H2,1-3H3. The van der Waals surface area contributed by atoms with E-state index in [1.807, 2.05) is 13.2 Å². The van der Waals surface area contributed by atoms with Gasteiger partial charge in [-0.15, -0.1) is 0 Å². The maximum atomic E-state index is 9.96. The van der Waals surface area contributed by atoms with E-state index >= 15 is 0 Å². The van der Waals surface area contributed by atoms with Gasteiger partial charge in [-0.2, -0.15) is 5.10 Å². The zero-order valence-corrected chi connectivity index (χ0v) is 9.82. The third-order valence-corrected chi connectivity index (χ3v) is 2.40. The molecule has 1 aromatic heterocycles. The van der Waals surface area contributed by atoms with Gasteiger partial charge < -0.3 is 10.4 Å². The summed E-state index contributed by atoms with van der Waals surface area (Å²) in [5.41, 5.74) is 1.94. The highest BCUT2D eigenvalue weighted by molar-refractivity contribution is 5.20. The molecule has 1 unspecified atom stereocenters. The Labute approximate surface area is 91.3 Å². The molecule has 86 valence electrons. The fourth-order valence-electron chi connectivity index (χ4n) is 1.63. The zero-order chi connectivity index (χ0) is 11.3. The Balaban J connectivity index is 2.59. The van der Waals surface area contributed by atoms with Crippen LogP contribution in [0.3, 0.4) is 0 Å². The second-order valence-corrected chi connectivity index (χ2v) is 3.78. The van der Waals surface area contributed by atoms with Crippen molar-refractivity contribution in [3.8, 4) is 0 Å². The first-order valence-electron chi connectivity index (χ1n) is 5.60. The van der Waals surface area contributed by atoms with Crippen molar-refractivity contribution in [2.45, 2.75) is 32.8 Å². The molecule has 0 radical (unpaired) electrons. The molecule has 1 aromatic rings. The maximum absolute atomic E-state index is 9.96. The Bertz CT molecular complexity index is 296. The quantitative estimate of drug-likeness (QED) is 0.691. The number of aryl methyl sites for hydroxylation is 2. The number of nitrogens with zero attached hydrogens (tertiary/aromatic N) is 2. The number of aliphatic hydroxyl groups excluding tert-OH is 1. The molecule has 0 amide bonds. The summed E-state index contributed by atoms with van der Waals surface area (Å²) in [5.74, 6) is 0. The molecule has 0 spiro atoms. The molecular formula is C11H21N3O. The van der Waals surface area contributed by atoms with Crippen LogP contribution in [0.1, 0.15) is 37.6 Å². The van der Waals surface area contributed by atoms with Crippen LogP contribution in [-0.4, -0.2) is 28.0 Å². The van der Waals surface area contributed by atoms with E-state index in [2.05, 4.69) is 24.3 Å². The van der Waals surface area contributed by atoms with Crippen LogP contribution in [-0.2, 0) is 13.5 Å². The highest BCUT2D eigenvalue weighted by Gasteiger charge is 2.14. The molecule has 0 aromatic carbocycles. The summed E-state index contributed by atoms with van der Waals surface area (Å²) in [7, 11) is 1.88. The van der Waals surface area contributed by atoms with E-state index in [0.717, 1.165) is 30.6 Å². The normalized spacial score (nSPS) is 13.1. The predicted octanol–water partition coefficient (Wildman–Crippen LogP) is 1.02. The molecule has 1 atom stereocenters. The van der Waals surface area contributed by atoms with Crippen molar-refractivity contribution >= 4 is 0 Å². The van der Waals surface area contributed by atoms with Crippen LogP contribution in [0.15, 0.2) is 6.20 Å². The van der Waals surface area contributed by atoms with Crippen molar-refractivity contribution in [3.63, 3.8) is 0 Å². The lowest BCUT2D eigenvalue weighted by atomic mass is 10.1. The SMILES string of the molecule is CCCNCC(O)c1cn(C)nc1CC. The highest BCUT2D eigenvalue weighted by atomic mass is 16.3. The molecule has 1 heterocycles. The first-order chi connectivity index (χ1) is 7.19. The van der Waals surface area contributed by atoms with Gasteiger partial charge in [-0.05, 0) is 19.4 Å². The average Bonchev–Trinajstić information content (AvgIpc) is 2.60. The smallest absolute Gasteiger partial charge is 0.0947 e. The largest absolute Gasteiger partial charge is 0.387 e. The van der Waals surface area contributed by atoms with Gasteiger partial charge in [0.25, 0.3) is 0 Å². The van der Waals surface area contributed by atoms with E-state index in [-0.39, 0.29) is 0 Å². The van der Waals surface area contributed by atoms with E-state index in [0.29, 0.717) is 6.54 Å². The van der Waals surface area contributed by atoms with E-state index in [9.17, 15) is 5.11 Å². The molecule has 15 heavy (non-hydrogen) atoms. The summed E-state index contributed by atoms with van der Waals surface area (Å²) >= 11 is 0. The van der Waals surface area contributed by atoms with E-state index in [1.165, 1.54) is 0 Å². The Hall–Kier alpha value is -0.870. The minimum absolute atomic E-state index is 0.444. The van der Waals surface area contributed by atoms with Crippen molar-refractivity contribution in [1.29, 1.82) is 0 Å². The average molecular weight is 211 g/mol. The van der Waals surface area contributed by atoms with Crippen molar-refractivity contribution in [1.82, 2.24) is 15.1 Å². The fourth-order valence-corrected chi connectivity index (χ4v) is 1.63. The third-order valence-electron chi connectivity index (χ3n) is 2.40. The summed E-state index contributed by atoms with van der Waals surface area (Å²) in [5, 5.41) is 17.5. The second-order valence-electron chi connectivity index (χ2n) is 3.78. The van der Waals surface area contributed by atoms with Crippen LogP contribution in [0.5, 0.6) is 0 Å². The Morgan fingerprint density at radius 2 is 2.27 bits per heavy atom. The molecule has 0 aliphatic rings. The van der Waals surface area contributed by atoms with E-state index in [1.54, 1.807) is 4.68 Å². The molecule has 2 N–H and O–H groups in total. The number of aromatic nitrogens is 2. The molecule has 4 heteroatoms. The van der Waals surface area contributed by atoms with Gasteiger partial charge in [-0.3, -0.25) is 4.68 Å². The van der Waals surface area contributed by atoms with Gasteiger partial charge in [0.15, 0.2) is 0 Å². The fraction of sp³-hybridized carbons (Fsp3) is 0.727. The minimum Gasteiger partial charge on any atom is -0.387 e. The molecule has 4 nitrogen and oxygen atoms in total. The van der Waals surface area contributed by atoms with Gasteiger partial charge in [-0.25, -0.2) is 0 Å². The monoisotopic (exact) mass is 211 g/mol. The lowest BCUT2D eigenvalue weighted by molar-refractivity contribution is 0.174. The summed E-state index contributed by atoms with van der Waals surface area (Å²) in [6.07, 6.45) is 3.40. The Kier molecular flexibility index (Phi) is 4.78. The van der Waals surface area contributed by atoms with Gasteiger partial charge in [0.05, 0.1) is 11.8 Å². The van der Waals surface area contributed by atoms with E-state index < -0.39 is 6.10 Å². The summed E-state index contributed by atoms with van der Waals surface area (Å²) < 4.78 is 1.76. The number of hydrogen-bond acceptors (Lipinski definition) is 3. The van der Waals surface area contributed by atoms with Crippen LogP contribution < -0.4 is 5.32 Å². The third kappa shape index (κ3) is 3.32. The summed E-state index contributed by atoms with van der Waals surface area (Å²) in [6.45, 7) is 5.71. The molecule has 0 fully saturated rings. The first kappa shape index (κ1) is 12.2. The molecule has 0 saturated carbocycles. The van der Waals surface area contributed by atoms with Crippen LogP contribution >= 0.6 is 0 Å². The van der Waals surface area contributed by atoms with Gasteiger partial charge in [0.1, 0.15) is 0 Å². The summed E-state index contributed by atoms with van der Waals surface area (Å²) in [4.78, 5) is 0. The molecule has 0 saturated heterocycles. The zero-order valence-electron chi connectivity index (χ0n) is 9.82. The second kappa shape index (κ2) is 5.88. The number of nitrogens with one attached hydrogen (secondary N) is 1. The van der Waals surface area contributed by atoms with Gasteiger partial charge in [-0.1, -0.05) is 13.8 Å². The number of aliphatic hydroxyl groups is 1. The van der Waals surface area contributed by atoms with Crippen molar-refractivity contribution in [2.24, 2.45) is 7.05 Å². The molecule has 0 bridgehead atoms. The van der Waals surface area contributed by atoms with Gasteiger partial charge in [0, 0.05) is 25.4 Å². The maximum Gasteiger partial charge on any atom is 0.0947 e.